The topological polar surface area (TPSA) is 156 Å². The summed E-state index contributed by atoms with van der Waals surface area (Å²) >= 11 is 7.55. The number of hydrogen-bond donors (Lipinski definition) is 4. The molecule has 0 saturated carbocycles. The quantitative estimate of drug-likeness (QED) is 0.0585. The highest BCUT2D eigenvalue weighted by atomic mass is 35.5. The molecule has 358 valence electrons. The maximum atomic E-state index is 14.3. The second kappa shape index (κ2) is 22.2. The van der Waals surface area contributed by atoms with E-state index >= 15 is 0 Å². The van der Waals surface area contributed by atoms with Crippen LogP contribution >= 0.6 is 23.4 Å². The van der Waals surface area contributed by atoms with Crippen LogP contribution in [-0.2, 0) is 19.9 Å². The first-order valence-corrected chi connectivity index (χ1v) is 26.6. The van der Waals surface area contributed by atoms with E-state index in [9.17, 15) is 45.0 Å². The maximum Gasteiger partial charge on any atom is 0.501 e. The molecule has 67 heavy (non-hydrogen) atoms. The van der Waals surface area contributed by atoms with Crippen molar-refractivity contribution in [1.82, 2.24) is 9.62 Å². The Morgan fingerprint density at radius 2 is 1.54 bits per heavy atom. The summed E-state index contributed by atoms with van der Waals surface area (Å²) in [6.45, 7) is 2.84. The van der Waals surface area contributed by atoms with Crippen molar-refractivity contribution in [1.29, 1.82) is 0 Å². The van der Waals surface area contributed by atoms with Crippen LogP contribution in [0.4, 0.5) is 24.5 Å². The third-order valence-electron chi connectivity index (χ3n) is 12.5. The van der Waals surface area contributed by atoms with Crippen LogP contribution in [0.25, 0.3) is 11.1 Å². The first kappa shape index (κ1) is 50.3. The minimum absolute atomic E-state index is 0.0206. The molecule has 0 aliphatic carbocycles. The van der Waals surface area contributed by atoms with Crippen LogP contribution in [0.1, 0.15) is 67.0 Å². The van der Waals surface area contributed by atoms with Gasteiger partial charge in [0.2, 0.25) is 0 Å². The van der Waals surface area contributed by atoms with Crippen LogP contribution in [0.15, 0.2) is 136 Å². The molecule has 2 saturated heterocycles. The summed E-state index contributed by atoms with van der Waals surface area (Å²) in [7, 11) is -11.0. The zero-order chi connectivity index (χ0) is 47.8. The molecule has 2 aliphatic rings. The lowest BCUT2D eigenvalue weighted by Gasteiger charge is -2.36. The third kappa shape index (κ3) is 12.5. The van der Waals surface area contributed by atoms with Crippen molar-refractivity contribution in [2.24, 2.45) is 5.92 Å². The summed E-state index contributed by atoms with van der Waals surface area (Å²) in [5, 5.41) is 24.5. The van der Waals surface area contributed by atoms with E-state index in [1.165, 1.54) is 23.9 Å². The molecule has 11 nitrogen and oxygen atoms in total. The number of aliphatic hydroxyl groups excluding tert-OH is 2. The Morgan fingerprint density at radius 1 is 0.851 bits per heavy atom. The summed E-state index contributed by atoms with van der Waals surface area (Å²) in [5.41, 5.74) is -2.75. The Bertz CT molecular complexity index is 2670. The van der Waals surface area contributed by atoms with Crippen molar-refractivity contribution in [2.45, 2.75) is 83.3 Å². The first-order chi connectivity index (χ1) is 32.0. The van der Waals surface area contributed by atoms with Crippen LogP contribution in [0, 0.1) is 5.92 Å². The number of nitrogens with zero attached hydrogens (tertiary/aromatic N) is 2. The van der Waals surface area contributed by atoms with E-state index in [1.807, 2.05) is 83.6 Å². The van der Waals surface area contributed by atoms with E-state index < -0.39 is 58.9 Å². The standard InChI is InChI=1S/C49H54ClF3N4O7S3/c50-37-17-13-34(14-18-37)43-11-4-5-12-44(43)47(59)35-25-29-57(30-26-35)40-20-15-36(16-21-40)48(60)55-67(63,64)42-23-24-45(46(32-42)66(61,62)49(51,52)53)54-38(33-65-41-9-2-1-3-10-41)19-22-39-8-6-27-56(39)28-7-31-58/h1-5,9-18,20-21,23-24,32,35,38-39,47,54,58-59H,6-8,19,22,25-31,33H2,(H,55,60)/t38-,39-,47-/m1/s1. The molecule has 0 unspecified atom stereocenters. The van der Waals surface area contributed by atoms with Crippen LogP contribution in [-0.4, -0.2) is 94.0 Å². The van der Waals surface area contributed by atoms with Gasteiger partial charge in [0.05, 0.1) is 16.7 Å². The smallest absolute Gasteiger partial charge is 0.396 e. The highest BCUT2D eigenvalue weighted by molar-refractivity contribution is 7.99. The summed E-state index contributed by atoms with van der Waals surface area (Å²) in [6.07, 6.45) is 4.25. The number of thioether (sulfide) groups is 1. The molecule has 2 fully saturated rings. The predicted octanol–water partition coefficient (Wildman–Crippen LogP) is 9.57. The van der Waals surface area contributed by atoms with Gasteiger partial charge >= 0.3 is 5.51 Å². The predicted molar refractivity (Wildman–Crippen MR) is 258 cm³/mol. The van der Waals surface area contributed by atoms with E-state index in [0.29, 0.717) is 68.6 Å². The number of rotatable bonds is 19. The number of anilines is 2. The summed E-state index contributed by atoms with van der Waals surface area (Å²) in [6, 6.07) is 32.8. The third-order valence-corrected chi connectivity index (χ3v) is 16.8. The van der Waals surface area contributed by atoms with Gasteiger partial charge in [-0.3, -0.25) is 4.79 Å². The zero-order valence-corrected chi connectivity index (χ0v) is 39.8. The summed E-state index contributed by atoms with van der Waals surface area (Å²) in [4.78, 5) is 16.5. The number of aliphatic hydroxyl groups is 2. The van der Waals surface area contributed by atoms with Gasteiger partial charge in [-0.05, 0) is 141 Å². The summed E-state index contributed by atoms with van der Waals surface area (Å²) < 4.78 is 98.2. The molecule has 5 aromatic carbocycles. The van der Waals surface area contributed by atoms with Gasteiger partial charge in [-0.2, -0.15) is 13.2 Å². The van der Waals surface area contributed by atoms with Gasteiger partial charge in [-0.1, -0.05) is 66.2 Å². The number of nitrogens with one attached hydrogen (secondary N) is 2. The first-order valence-electron chi connectivity index (χ1n) is 22.2. The van der Waals surface area contributed by atoms with Crippen LogP contribution < -0.4 is 14.9 Å². The molecule has 2 heterocycles. The largest absolute Gasteiger partial charge is 0.501 e. The second-order valence-electron chi connectivity index (χ2n) is 16.9. The van der Waals surface area contributed by atoms with Crippen molar-refractivity contribution < 1.29 is 45.0 Å². The molecule has 2 aliphatic heterocycles. The van der Waals surface area contributed by atoms with E-state index in [2.05, 4.69) is 15.1 Å². The molecule has 5 aromatic rings. The van der Waals surface area contributed by atoms with Gasteiger partial charge in [0, 0.05) is 65.2 Å². The maximum absolute atomic E-state index is 14.3. The van der Waals surface area contributed by atoms with Gasteiger partial charge in [0.1, 0.15) is 4.90 Å². The number of sulfone groups is 1. The number of halogens is 4. The molecular formula is C49H54ClF3N4O7S3. The lowest BCUT2D eigenvalue weighted by molar-refractivity contribution is -0.0435. The number of hydrogen-bond acceptors (Lipinski definition) is 11. The molecule has 0 bridgehead atoms. The number of carbonyl (C=O) groups is 1. The Kier molecular flexibility index (Phi) is 16.7. The lowest BCUT2D eigenvalue weighted by Crippen LogP contribution is -2.36. The molecule has 1 amide bonds. The highest BCUT2D eigenvalue weighted by Crippen LogP contribution is 2.39. The Morgan fingerprint density at radius 3 is 2.22 bits per heavy atom. The fraction of sp³-hybridized carbons (Fsp3) is 0.367. The van der Waals surface area contributed by atoms with E-state index in [-0.39, 0.29) is 24.1 Å². The molecule has 0 aromatic heterocycles. The SMILES string of the molecule is O=C(NS(=O)(=O)c1ccc(N[C@H](CC[C@H]2CCCN2CCCO)CSc2ccccc2)c(S(=O)(=O)C(F)(F)F)c1)c1ccc(N2CCC([C@@H](O)c3ccccc3-c3ccc(Cl)cc3)CC2)cc1. The monoisotopic (exact) mass is 998 g/mol. The molecule has 3 atom stereocenters. The highest BCUT2D eigenvalue weighted by Gasteiger charge is 2.48. The van der Waals surface area contributed by atoms with Crippen LogP contribution in [0.5, 0.6) is 0 Å². The number of amides is 1. The van der Waals surface area contributed by atoms with Gasteiger partial charge < -0.3 is 25.3 Å². The van der Waals surface area contributed by atoms with Crippen molar-refractivity contribution >= 4 is 60.5 Å². The van der Waals surface area contributed by atoms with E-state index in [1.54, 1.807) is 12.1 Å². The van der Waals surface area contributed by atoms with Crippen LogP contribution in [0.2, 0.25) is 5.02 Å². The minimum Gasteiger partial charge on any atom is -0.396 e. The van der Waals surface area contributed by atoms with Gasteiger partial charge in [0.15, 0.2) is 0 Å². The van der Waals surface area contributed by atoms with Gasteiger partial charge in [0.25, 0.3) is 25.8 Å². The Hall–Kier alpha value is -4.62. The molecule has 4 N–H and O–H groups in total. The average Bonchev–Trinajstić information content (AvgIpc) is 3.78. The van der Waals surface area contributed by atoms with E-state index in [4.69, 9.17) is 11.6 Å². The molecule has 18 heteroatoms. The lowest BCUT2D eigenvalue weighted by atomic mass is 9.84. The van der Waals surface area contributed by atoms with Crippen LogP contribution in [0.3, 0.4) is 0 Å². The van der Waals surface area contributed by atoms with Crippen molar-refractivity contribution in [3.05, 3.63) is 137 Å². The average molecular weight is 1000 g/mol. The summed E-state index contributed by atoms with van der Waals surface area (Å²) in [5.74, 6) is -0.725. The number of piperidine rings is 1. The number of sulfonamides is 1. The molecular weight excluding hydrogens is 945 g/mol. The van der Waals surface area contributed by atoms with E-state index in [0.717, 1.165) is 58.8 Å². The molecule has 0 radical (unpaired) electrons. The number of benzene rings is 5. The second-order valence-corrected chi connectivity index (χ2v) is 22.0. The van der Waals surface area contributed by atoms with Crippen molar-refractivity contribution in [3.8, 4) is 11.1 Å². The van der Waals surface area contributed by atoms with Crippen molar-refractivity contribution in [2.75, 3.05) is 48.8 Å². The zero-order valence-electron chi connectivity index (χ0n) is 36.6. The molecule has 0 spiro atoms. The fourth-order valence-corrected chi connectivity index (χ4v) is 12.0. The van der Waals surface area contributed by atoms with Gasteiger partial charge in [-0.25, -0.2) is 21.6 Å². The van der Waals surface area contributed by atoms with Crippen molar-refractivity contribution in [3.63, 3.8) is 0 Å². The Labute approximate surface area is 399 Å². The fourth-order valence-electron chi connectivity index (χ4n) is 8.89. The number of alkyl halides is 3. The number of likely N-dealkylation sites (tertiary alicyclic amines) is 1. The Balaban J connectivity index is 1.03. The number of carbonyl (C=O) groups excluding carboxylic acids is 1. The van der Waals surface area contributed by atoms with Gasteiger partial charge in [-0.15, -0.1) is 11.8 Å². The minimum atomic E-state index is -6.09. The normalized spacial score (nSPS) is 17.3. The molecule has 7 rings (SSSR count).